The molecule has 0 spiro atoms. The highest BCUT2D eigenvalue weighted by atomic mass is 79.9. The number of aromatic amines is 1. The highest BCUT2D eigenvalue weighted by Crippen LogP contribution is 2.29. The van der Waals surface area contributed by atoms with Crippen molar-refractivity contribution < 1.29 is 0 Å². The largest absolute Gasteiger partial charge is 0.354 e. The monoisotopic (exact) mass is 349 g/mol. The van der Waals surface area contributed by atoms with Gasteiger partial charge in [0.25, 0.3) is 0 Å². The minimum absolute atomic E-state index is 0.941. The molecular formula is C14H9Br2N. The van der Waals surface area contributed by atoms with Crippen LogP contribution in [0.4, 0.5) is 0 Å². The van der Waals surface area contributed by atoms with Crippen LogP contribution in [0.5, 0.6) is 0 Å². The van der Waals surface area contributed by atoms with Crippen molar-refractivity contribution in [2.45, 2.75) is 0 Å². The maximum absolute atomic E-state index is 3.47. The fourth-order valence-electron chi connectivity index (χ4n) is 2.13. The van der Waals surface area contributed by atoms with E-state index in [-0.39, 0.29) is 0 Å². The first-order valence-corrected chi connectivity index (χ1v) is 6.86. The van der Waals surface area contributed by atoms with E-state index in [2.05, 4.69) is 79.3 Å². The Morgan fingerprint density at radius 1 is 0.941 bits per heavy atom. The van der Waals surface area contributed by atoms with Crippen molar-refractivity contribution in [3.05, 3.63) is 51.4 Å². The minimum Gasteiger partial charge on any atom is -0.354 e. The Kier molecular flexibility index (Phi) is 2.81. The summed E-state index contributed by atoms with van der Waals surface area (Å²) in [5.41, 5.74) is 3.52. The van der Waals surface area contributed by atoms with Gasteiger partial charge in [-0.3, -0.25) is 0 Å². The Balaban J connectivity index is 2.43. The van der Waals surface area contributed by atoms with E-state index in [1.54, 1.807) is 0 Å². The molecule has 1 heterocycles. The molecule has 0 amide bonds. The number of hydrogen-bond donors (Lipinski definition) is 1. The van der Waals surface area contributed by atoms with Crippen LogP contribution in [0.15, 0.2) is 45.9 Å². The standard InChI is InChI=1S/C14H9Br2N/c15-13(16)8-9-4-3-6-11-10-5-1-2-7-12(10)17-14(9)11/h1-8,17H. The van der Waals surface area contributed by atoms with E-state index < -0.39 is 0 Å². The first kappa shape index (κ1) is 11.1. The number of H-pyrrole nitrogens is 1. The molecule has 2 aromatic carbocycles. The molecule has 1 aromatic heterocycles. The van der Waals surface area contributed by atoms with Gasteiger partial charge in [0.15, 0.2) is 0 Å². The van der Waals surface area contributed by atoms with Crippen molar-refractivity contribution in [1.82, 2.24) is 4.98 Å². The van der Waals surface area contributed by atoms with Crippen molar-refractivity contribution in [1.29, 1.82) is 0 Å². The average molecular weight is 351 g/mol. The highest BCUT2D eigenvalue weighted by molar-refractivity contribution is 9.28. The Labute approximate surface area is 116 Å². The van der Waals surface area contributed by atoms with E-state index in [1.165, 1.54) is 27.4 Å². The van der Waals surface area contributed by atoms with E-state index in [1.807, 2.05) is 6.07 Å². The minimum atomic E-state index is 0.941. The summed E-state index contributed by atoms with van der Waals surface area (Å²) >= 11 is 6.81. The van der Waals surface area contributed by atoms with Crippen molar-refractivity contribution in [2.24, 2.45) is 0 Å². The molecule has 0 saturated heterocycles. The van der Waals surface area contributed by atoms with Crippen LogP contribution < -0.4 is 0 Å². The Morgan fingerprint density at radius 3 is 2.53 bits per heavy atom. The normalized spacial score (nSPS) is 10.9. The third-order valence-electron chi connectivity index (χ3n) is 2.84. The molecule has 0 atom stereocenters. The van der Waals surface area contributed by atoms with E-state index in [4.69, 9.17) is 0 Å². The maximum atomic E-state index is 3.47. The van der Waals surface area contributed by atoms with Gasteiger partial charge in [0, 0.05) is 21.9 Å². The number of rotatable bonds is 1. The molecule has 0 unspecified atom stereocenters. The van der Waals surface area contributed by atoms with Gasteiger partial charge in [0.05, 0.1) is 8.91 Å². The number of fused-ring (bicyclic) bond motifs is 3. The predicted molar refractivity (Wildman–Crippen MR) is 81.6 cm³/mol. The van der Waals surface area contributed by atoms with Crippen LogP contribution in [0.2, 0.25) is 0 Å². The van der Waals surface area contributed by atoms with Crippen LogP contribution in [0.3, 0.4) is 0 Å². The van der Waals surface area contributed by atoms with E-state index in [0.717, 1.165) is 3.39 Å². The molecule has 0 aliphatic carbocycles. The van der Waals surface area contributed by atoms with Crippen LogP contribution in [-0.4, -0.2) is 4.98 Å². The first-order chi connectivity index (χ1) is 8.25. The van der Waals surface area contributed by atoms with Gasteiger partial charge in [0.1, 0.15) is 0 Å². The second kappa shape index (κ2) is 4.31. The lowest BCUT2D eigenvalue weighted by molar-refractivity contribution is 1.53. The third kappa shape index (κ3) is 1.94. The van der Waals surface area contributed by atoms with Gasteiger partial charge in [-0.1, -0.05) is 36.4 Å². The fraction of sp³-hybridized carbons (Fsp3) is 0. The predicted octanol–water partition coefficient (Wildman–Crippen LogP) is 5.41. The summed E-state index contributed by atoms with van der Waals surface area (Å²) in [5.74, 6) is 0. The molecule has 1 N–H and O–H groups in total. The van der Waals surface area contributed by atoms with Crippen LogP contribution in [-0.2, 0) is 0 Å². The number of para-hydroxylation sites is 2. The van der Waals surface area contributed by atoms with Gasteiger partial charge >= 0.3 is 0 Å². The second-order valence-corrected chi connectivity index (χ2v) is 6.65. The zero-order valence-electron chi connectivity index (χ0n) is 8.87. The molecule has 0 aliphatic heterocycles. The highest BCUT2D eigenvalue weighted by Gasteiger charge is 2.05. The van der Waals surface area contributed by atoms with E-state index in [9.17, 15) is 0 Å². The second-order valence-electron chi connectivity index (χ2n) is 3.87. The lowest BCUT2D eigenvalue weighted by Crippen LogP contribution is -1.75. The molecule has 0 bridgehead atoms. The van der Waals surface area contributed by atoms with Gasteiger partial charge in [-0.15, -0.1) is 0 Å². The summed E-state index contributed by atoms with van der Waals surface area (Å²) in [6.07, 6.45) is 2.05. The van der Waals surface area contributed by atoms with Gasteiger partial charge < -0.3 is 4.98 Å². The topological polar surface area (TPSA) is 15.8 Å². The lowest BCUT2D eigenvalue weighted by atomic mass is 10.1. The molecule has 0 aliphatic rings. The summed E-state index contributed by atoms with van der Waals surface area (Å²) in [5, 5.41) is 2.53. The summed E-state index contributed by atoms with van der Waals surface area (Å²) in [6.45, 7) is 0. The first-order valence-electron chi connectivity index (χ1n) is 5.28. The molecule has 0 fully saturated rings. The summed E-state index contributed by atoms with van der Waals surface area (Å²) in [7, 11) is 0. The molecule has 84 valence electrons. The Bertz CT molecular complexity index is 721. The molecule has 0 saturated carbocycles. The Hall–Kier alpha value is -1.06. The molecular weight excluding hydrogens is 342 g/mol. The van der Waals surface area contributed by atoms with Crippen molar-refractivity contribution >= 4 is 59.7 Å². The molecule has 1 nitrogen and oxygen atoms in total. The van der Waals surface area contributed by atoms with Gasteiger partial charge in [-0.2, -0.15) is 0 Å². The quantitative estimate of drug-likeness (QED) is 0.604. The molecule has 3 rings (SSSR count). The zero-order chi connectivity index (χ0) is 11.8. The van der Waals surface area contributed by atoms with Gasteiger partial charge in [0.2, 0.25) is 0 Å². The molecule has 17 heavy (non-hydrogen) atoms. The van der Waals surface area contributed by atoms with Gasteiger partial charge in [-0.05, 0) is 44.0 Å². The Morgan fingerprint density at radius 2 is 1.71 bits per heavy atom. The number of hydrogen-bond acceptors (Lipinski definition) is 0. The molecule has 3 aromatic rings. The zero-order valence-corrected chi connectivity index (χ0v) is 12.0. The lowest BCUT2D eigenvalue weighted by Gasteiger charge is -1.96. The maximum Gasteiger partial charge on any atom is 0.0610 e. The van der Waals surface area contributed by atoms with Crippen molar-refractivity contribution in [3.8, 4) is 0 Å². The van der Waals surface area contributed by atoms with Crippen molar-refractivity contribution in [3.63, 3.8) is 0 Å². The van der Waals surface area contributed by atoms with E-state index in [0.29, 0.717) is 0 Å². The van der Waals surface area contributed by atoms with E-state index >= 15 is 0 Å². The van der Waals surface area contributed by atoms with Crippen LogP contribution in [0.25, 0.3) is 27.9 Å². The van der Waals surface area contributed by atoms with Crippen LogP contribution >= 0.6 is 31.9 Å². The third-order valence-corrected chi connectivity index (χ3v) is 3.30. The number of benzene rings is 2. The SMILES string of the molecule is BrC(Br)=Cc1cccc2c1[nH]c1ccccc12. The van der Waals surface area contributed by atoms with Gasteiger partial charge in [-0.25, -0.2) is 0 Å². The summed E-state index contributed by atoms with van der Waals surface area (Å²) in [4.78, 5) is 3.47. The molecule has 0 radical (unpaired) electrons. The summed E-state index contributed by atoms with van der Waals surface area (Å²) in [6, 6.07) is 14.7. The molecule has 3 heteroatoms. The number of nitrogens with one attached hydrogen (secondary N) is 1. The summed E-state index contributed by atoms with van der Waals surface area (Å²) < 4.78 is 0.941. The van der Waals surface area contributed by atoms with Crippen LogP contribution in [0, 0.1) is 0 Å². The number of aromatic nitrogens is 1. The number of halogens is 2. The smallest absolute Gasteiger partial charge is 0.0610 e. The van der Waals surface area contributed by atoms with Crippen LogP contribution in [0.1, 0.15) is 5.56 Å². The average Bonchev–Trinajstić information content (AvgIpc) is 2.68. The fourth-order valence-corrected chi connectivity index (χ4v) is 2.63. The van der Waals surface area contributed by atoms with Crippen molar-refractivity contribution in [2.75, 3.05) is 0 Å².